The van der Waals surface area contributed by atoms with Crippen LogP contribution in [0, 0.1) is 5.82 Å². The molecule has 0 bridgehead atoms. The first-order valence-corrected chi connectivity index (χ1v) is 6.93. The first-order valence-electron chi connectivity index (χ1n) is 6.13. The lowest BCUT2D eigenvalue weighted by molar-refractivity contribution is 0.0947. The molecule has 1 saturated heterocycles. The zero-order valence-corrected chi connectivity index (χ0v) is 11.6. The van der Waals surface area contributed by atoms with Crippen LogP contribution in [0.2, 0.25) is 0 Å². The number of rotatable bonds is 3. The molecule has 1 aliphatic rings. The van der Waals surface area contributed by atoms with Crippen LogP contribution in [0.3, 0.4) is 0 Å². The summed E-state index contributed by atoms with van der Waals surface area (Å²) in [5.74, 6) is -0.526. The summed E-state index contributed by atoms with van der Waals surface area (Å²) in [4.78, 5) is 11.9. The van der Waals surface area contributed by atoms with Gasteiger partial charge in [0.25, 0.3) is 5.91 Å². The highest BCUT2D eigenvalue weighted by molar-refractivity contribution is 9.10. The molecule has 1 unspecified atom stereocenters. The first-order chi connectivity index (χ1) is 8.66. The third kappa shape index (κ3) is 3.53. The summed E-state index contributed by atoms with van der Waals surface area (Å²) in [5.41, 5.74) is 0.465. The molecule has 0 aromatic heterocycles. The molecule has 0 saturated carbocycles. The minimum absolute atomic E-state index is 0.172. The molecule has 98 valence electrons. The van der Waals surface area contributed by atoms with E-state index in [-0.39, 0.29) is 11.7 Å². The van der Waals surface area contributed by atoms with Gasteiger partial charge in [-0.1, -0.05) is 6.42 Å². The van der Waals surface area contributed by atoms with Crippen LogP contribution in [0.5, 0.6) is 0 Å². The molecule has 1 amide bonds. The number of benzene rings is 1. The largest absolute Gasteiger partial charge is 0.350 e. The van der Waals surface area contributed by atoms with Gasteiger partial charge in [-0.3, -0.25) is 4.79 Å². The van der Waals surface area contributed by atoms with Gasteiger partial charge in [0.1, 0.15) is 5.82 Å². The molecular formula is C13H16BrFN2O. The third-order valence-electron chi connectivity index (χ3n) is 3.10. The highest BCUT2D eigenvalue weighted by atomic mass is 79.9. The van der Waals surface area contributed by atoms with Crippen molar-refractivity contribution in [2.45, 2.75) is 25.3 Å². The molecule has 5 heteroatoms. The monoisotopic (exact) mass is 314 g/mol. The summed E-state index contributed by atoms with van der Waals surface area (Å²) in [7, 11) is 0. The smallest absolute Gasteiger partial charge is 0.252 e. The van der Waals surface area contributed by atoms with E-state index in [1.807, 2.05) is 0 Å². The maximum atomic E-state index is 12.9. The summed E-state index contributed by atoms with van der Waals surface area (Å²) >= 11 is 3.20. The average molecular weight is 315 g/mol. The fraction of sp³-hybridized carbons (Fsp3) is 0.462. The molecule has 0 spiro atoms. The predicted molar refractivity (Wildman–Crippen MR) is 72.1 cm³/mol. The summed E-state index contributed by atoms with van der Waals surface area (Å²) in [6, 6.07) is 4.43. The molecule has 1 aliphatic heterocycles. The molecule has 1 aromatic rings. The minimum atomic E-state index is -0.354. The molecule has 0 radical (unpaired) electrons. The second-order valence-corrected chi connectivity index (χ2v) is 5.34. The Labute approximate surface area is 114 Å². The van der Waals surface area contributed by atoms with Gasteiger partial charge in [0.15, 0.2) is 0 Å². The number of amides is 1. The van der Waals surface area contributed by atoms with E-state index in [4.69, 9.17) is 0 Å². The fourth-order valence-electron chi connectivity index (χ4n) is 2.08. The minimum Gasteiger partial charge on any atom is -0.350 e. The fourth-order valence-corrected chi connectivity index (χ4v) is 2.61. The Morgan fingerprint density at radius 3 is 3.00 bits per heavy atom. The van der Waals surface area contributed by atoms with Gasteiger partial charge >= 0.3 is 0 Å². The maximum absolute atomic E-state index is 12.9. The maximum Gasteiger partial charge on any atom is 0.252 e. The zero-order valence-electron chi connectivity index (χ0n) is 10.0. The Kier molecular flexibility index (Phi) is 4.72. The number of hydrogen-bond acceptors (Lipinski definition) is 2. The van der Waals surface area contributed by atoms with E-state index in [0.717, 1.165) is 13.0 Å². The van der Waals surface area contributed by atoms with Crippen molar-refractivity contribution >= 4 is 21.8 Å². The number of hydrogen-bond donors (Lipinski definition) is 2. The van der Waals surface area contributed by atoms with Crippen LogP contribution < -0.4 is 10.6 Å². The summed E-state index contributed by atoms with van der Waals surface area (Å²) in [5, 5.41) is 6.24. The van der Waals surface area contributed by atoms with Crippen molar-refractivity contribution in [3.05, 3.63) is 34.1 Å². The van der Waals surface area contributed by atoms with E-state index < -0.39 is 0 Å². The van der Waals surface area contributed by atoms with E-state index in [9.17, 15) is 9.18 Å². The van der Waals surface area contributed by atoms with Crippen LogP contribution in [0.4, 0.5) is 4.39 Å². The molecule has 1 fully saturated rings. The summed E-state index contributed by atoms with van der Waals surface area (Å²) < 4.78 is 13.4. The molecule has 2 rings (SSSR count). The Morgan fingerprint density at radius 2 is 2.33 bits per heavy atom. The van der Waals surface area contributed by atoms with E-state index in [0.29, 0.717) is 22.6 Å². The van der Waals surface area contributed by atoms with E-state index in [1.165, 1.54) is 31.0 Å². The van der Waals surface area contributed by atoms with Crippen molar-refractivity contribution in [1.29, 1.82) is 0 Å². The highest BCUT2D eigenvalue weighted by Crippen LogP contribution is 2.17. The Hall–Kier alpha value is -0.940. The summed E-state index contributed by atoms with van der Waals surface area (Å²) in [6.07, 6.45) is 3.49. The standard InChI is InChI=1S/C13H16BrFN2O/c14-12-7-9(15)4-5-11(12)13(18)17-8-10-3-1-2-6-16-10/h4-5,7,10,16H,1-3,6,8H2,(H,17,18). The Bertz CT molecular complexity index is 433. The third-order valence-corrected chi connectivity index (χ3v) is 3.75. The molecule has 1 aromatic carbocycles. The van der Waals surface area contributed by atoms with Gasteiger partial charge in [-0.05, 0) is 53.5 Å². The van der Waals surface area contributed by atoms with Crippen molar-refractivity contribution in [3.8, 4) is 0 Å². The van der Waals surface area contributed by atoms with Gasteiger partial charge in [0.05, 0.1) is 5.56 Å². The van der Waals surface area contributed by atoms with Gasteiger partial charge < -0.3 is 10.6 Å². The number of nitrogens with one attached hydrogen (secondary N) is 2. The number of carbonyl (C=O) groups excluding carboxylic acids is 1. The molecule has 1 atom stereocenters. The van der Waals surface area contributed by atoms with Crippen LogP contribution in [0.25, 0.3) is 0 Å². The van der Waals surface area contributed by atoms with E-state index >= 15 is 0 Å². The number of carbonyl (C=O) groups is 1. The van der Waals surface area contributed by atoms with Crippen molar-refractivity contribution in [1.82, 2.24) is 10.6 Å². The molecule has 2 N–H and O–H groups in total. The van der Waals surface area contributed by atoms with Crippen molar-refractivity contribution in [3.63, 3.8) is 0 Å². The van der Waals surface area contributed by atoms with Crippen LogP contribution >= 0.6 is 15.9 Å². The van der Waals surface area contributed by atoms with E-state index in [2.05, 4.69) is 26.6 Å². The Balaban J connectivity index is 1.90. The predicted octanol–water partition coefficient (Wildman–Crippen LogP) is 2.46. The number of halogens is 2. The van der Waals surface area contributed by atoms with Gasteiger partial charge in [-0.25, -0.2) is 4.39 Å². The van der Waals surface area contributed by atoms with Gasteiger partial charge in [-0.2, -0.15) is 0 Å². The van der Waals surface area contributed by atoms with Crippen molar-refractivity contribution in [2.75, 3.05) is 13.1 Å². The second-order valence-electron chi connectivity index (χ2n) is 4.48. The second kappa shape index (κ2) is 6.29. The van der Waals surface area contributed by atoms with Gasteiger partial charge in [0.2, 0.25) is 0 Å². The lowest BCUT2D eigenvalue weighted by Gasteiger charge is -2.23. The van der Waals surface area contributed by atoms with Crippen LogP contribution in [0.1, 0.15) is 29.6 Å². The molecule has 1 heterocycles. The topological polar surface area (TPSA) is 41.1 Å². The quantitative estimate of drug-likeness (QED) is 0.900. The van der Waals surface area contributed by atoms with Crippen LogP contribution in [0.15, 0.2) is 22.7 Å². The lowest BCUT2D eigenvalue weighted by Crippen LogP contribution is -2.43. The van der Waals surface area contributed by atoms with Gasteiger partial charge in [-0.15, -0.1) is 0 Å². The highest BCUT2D eigenvalue weighted by Gasteiger charge is 2.15. The summed E-state index contributed by atoms with van der Waals surface area (Å²) in [6.45, 7) is 1.63. The average Bonchev–Trinajstić information content (AvgIpc) is 2.37. The molecule has 18 heavy (non-hydrogen) atoms. The van der Waals surface area contributed by atoms with Gasteiger partial charge in [0, 0.05) is 17.1 Å². The normalized spacial score (nSPS) is 19.6. The SMILES string of the molecule is O=C(NCC1CCCCN1)c1ccc(F)cc1Br. The van der Waals surface area contributed by atoms with Crippen LogP contribution in [-0.4, -0.2) is 25.0 Å². The molecular weight excluding hydrogens is 299 g/mol. The Morgan fingerprint density at radius 1 is 1.50 bits per heavy atom. The van der Waals surface area contributed by atoms with Crippen LogP contribution in [-0.2, 0) is 0 Å². The molecule has 3 nitrogen and oxygen atoms in total. The van der Waals surface area contributed by atoms with E-state index in [1.54, 1.807) is 0 Å². The van der Waals surface area contributed by atoms with Crippen molar-refractivity contribution < 1.29 is 9.18 Å². The number of piperidine rings is 1. The lowest BCUT2D eigenvalue weighted by atomic mass is 10.1. The first kappa shape index (κ1) is 13.5. The molecule has 0 aliphatic carbocycles. The zero-order chi connectivity index (χ0) is 13.0. The van der Waals surface area contributed by atoms with Crippen molar-refractivity contribution in [2.24, 2.45) is 0 Å².